The molecule has 0 fully saturated rings. The van der Waals surface area contributed by atoms with Crippen LogP contribution in [-0.4, -0.2) is 35.6 Å². The number of rotatable bonds is 5. The van der Waals surface area contributed by atoms with Crippen molar-refractivity contribution >= 4 is 63.2 Å². The molecule has 0 saturated carbocycles. The average molecular weight is 501 g/mol. The van der Waals surface area contributed by atoms with Crippen LogP contribution in [0.15, 0.2) is 53.0 Å². The molecule has 0 atom stereocenters. The molecule has 7 nitrogen and oxygen atoms in total. The Hall–Kier alpha value is -3.01. The van der Waals surface area contributed by atoms with Gasteiger partial charge in [-0.05, 0) is 55.9 Å². The molecule has 0 aliphatic rings. The molecule has 11 heteroatoms. The second-order valence-electron chi connectivity index (χ2n) is 7.56. The summed E-state index contributed by atoms with van der Waals surface area (Å²) < 4.78 is 17.7. The number of hydrogen-bond acceptors (Lipinski definition) is 6. The number of carbonyl (C=O) groups is 1. The van der Waals surface area contributed by atoms with Gasteiger partial charge in [0, 0.05) is 23.2 Å². The number of aldehydes is 1. The zero-order chi connectivity index (χ0) is 23.3. The highest BCUT2D eigenvalue weighted by molar-refractivity contribution is 7.99. The molecule has 5 aromatic rings. The van der Waals surface area contributed by atoms with E-state index in [0.717, 1.165) is 6.29 Å². The Balaban J connectivity index is 1.80. The molecular weight excluding hydrogens is 486 g/mol. The molecule has 0 spiro atoms. The van der Waals surface area contributed by atoms with Gasteiger partial charge < -0.3 is 4.57 Å². The maximum Gasteiger partial charge on any atom is 0.197 e. The van der Waals surface area contributed by atoms with Crippen LogP contribution in [0.3, 0.4) is 0 Å². The van der Waals surface area contributed by atoms with Crippen LogP contribution >= 0.6 is 35.0 Å². The molecular formula is C22H15Cl2FN6OS. The number of halogens is 3. The van der Waals surface area contributed by atoms with Crippen molar-refractivity contribution in [1.82, 2.24) is 29.3 Å². The molecule has 0 aliphatic carbocycles. The van der Waals surface area contributed by atoms with Gasteiger partial charge in [-0.2, -0.15) is 0 Å². The van der Waals surface area contributed by atoms with E-state index < -0.39 is 5.82 Å². The molecule has 0 N–H and O–H groups in total. The minimum Gasteiger partial charge on any atom is -0.306 e. The number of fused-ring (bicyclic) bond motifs is 2. The van der Waals surface area contributed by atoms with Crippen molar-refractivity contribution in [3.63, 3.8) is 0 Å². The van der Waals surface area contributed by atoms with E-state index in [4.69, 9.17) is 33.2 Å². The summed E-state index contributed by atoms with van der Waals surface area (Å²) in [6.45, 7) is 4.03. The molecule has 0 amide bonds. The highest BCUT2D eigenvalue weighted by atomic mass is 35.5. The first-order valence-electron chi connectivity index (χ1n) is 9.86. The van der Waals surface area contributed by atoms with Crippen LogP contribution in [0, 0.1) is 5.82 Å². The van der Waals surface area contributed by atoms with Crippen LogP contribution in [0.4, 0.5) is 4.39 Å². The number of nitrogens with zero attached hydrogens (tertiary/aromatic N) is 6. The molecule has 0 saturated heterocycles. The molecule has 0 radical (unpaired) electrons. The normalized spacial score (nSPS) is 11.7. The summed E-state index contributed by atoms with van der Waals surface area (Å²) in [4.78, 5) is 21.2. The van der Waals surface area contributed by atoms with Gasteiger partial charge in [-0.1, -0.05) is 23.2 Å². The predicted molar refractivity (Wildman–Crippen MR) is 126 cm³/mol. The van der Waals surface area contributed by atoms with Crippen molar-refractivity contribution in [2.45, 2.75) is 30.1 Å². The van der Waals surface area contributed by atoms with Crippen LogP contribution in [0.25, 0.3) is 27.8 Å². The van der Waals surface area contributed by atoms with Crippen molar-refractivity contribution in [2.24, 2.45) is 0 Å². The molecule has 0 aliphatic heterocycles. The topological polar surface area (TPSA) is 78.5 Å². The molecule has 0 unspecified atom stereocenters. The third-order valence-corrected chi connectivity index (χ3v) is 6.76. The lowest BCUT2D eigenvalue weighted by atomic mass is 10.2. The van der Waals surface area contributed by atoms with Gasteiger partial charge in [0.25, 0.3) is 0 Å². The average Bonchev–Trinajstić information content (AvgIpc) is 3.39. The van der Waals surface area contributed by atoms with Crippen molar-refractivity contribution in [3.8, 4) is 5.82 Å². The standard InChI is InChI=1S/C22H15Cl2FN6OS/c1-11(2)31-10-26-29-22(31)33-21-20(27-17-6-15(23)16(24)7-18(17)28-21)30-8-12(9-32)14-4-3-13(25)5-19(14)30/h3-11H,1-2H3. The first-order valence-corrected chi connectivity index (χ1v) is 11.4. The van der Waals surface area contributed by atoms with E-state index in [-0.39, 0.29) is 6.04 Å². The van der Waals surface area contributed by atoms with Crippen molar-refractivity contribution in [3.05, 3.63) is 64.3 Å². The van der Waals surface area contributed by atoms with Gasteiger partial charge in [-0.15, -0.1) is 10.2 Å². The zero-order valence-electron chi connectivity index (χ0n) is 17.3. The lowest BCUT2D eigenvalue weighted by Gasteiger charge is -2.13. The molecule has 0 bridgehead atoms. The van der Waals surface area contributed by atoms with Crippen LogP contribution in [-0.2, 0) is 0 Å². The quantitative estimate of drug-likeness (QED) is 0.269. The monoisotopic (exact) mass is 500 g/mol. The minimum atomic E-state index is -0.434. The Morgan fingerprint density at radius 1 is 1.09 bits per heavy atom. The van der Waals surface area contributed by atoms with Crippen LogP contribution in [0.1, 0.15) is 30.2 Å². The van der Waals surface area contributed by atoms with Gasteiger partial charge in [0.15, 0.2) is 17.3 Å². The fourth-order valence-electron chi connectivity index (χ4n) is 3.49. The van der Waals surface area contributed by atoms with Crippen molar-refractivity contribution in [2.75, 3.05) is 0 Å². The smallest absolute Gasteiger partial charge is 0.197 e. The first-order chi connectivity index (χ1) is 15.9. The maximum absolute atomic E-state index is 14.1. The zero-order valence-corrected chi connectivity index (χ0v) is 19.7. The molecule has 2 aromatic carbocycles. The number of carbonyl (C=O) groups excluding carboxylic acids is 1. The third-order valence-electron chi connectivity index (χ3n) is 5.10. The largest absolute Gasteiger partial charge is 0.306 e. The van der Waals surface area contributed by atoms with Gasteiger partial charge in [-0.25, -0.2) is 14.4 Å². The summed E-state index contributed by atoms with van der Waals surface area (Å²) in [6.07, 6.45) is 3.98. The molecule has 5 rings (SSSR count). The fourth-order valence-corrected chi connectivity index (χ4v) is 4.81. The maximum atomic E-state index is 14.1. The summed E-state index contributed by atoms with van der Waals surface area (Å²) in [5.74, 6) is -0.0375. The minimum absolute atomic E-state index is 0.121. The SMILES string of the molecule is CC(C)n1cnnc1Sc1nc2cc(Cl)c(Cl)cc2nc1-n1cc(C=O)c2ccc(F)cc21. The lowest BCUT2D eigenvalue weighted by molar-refractivity contribution is 0.112. The van der Waals surface area contributed by atoms with Crippen molar-refractivity contribution < 1.29 is 9.18 Å². The molecule has 3 aromatic heterocycles. The third kappa shape index (κ3) is 3.86. The van der Waals surface area contributed by atoms with E-state index in [1.807, 2.05) is 18.4 Å². The van der Waals surface area contributed by atoms with Crippen LogP contribution in [0.5, 0.6) is 0 Å². The van der Waals surface area contributed by atoms with E-state index in [2.05, 4.69) is 10.2 Å². The number of benzene rings is 2. The summed E-state index contributed by atoms with van der Waals surface area (Å²) in [5, 5.41) is 10.6. The van der Waals surface area contributed by atoms with E-state index in [1.54, 1.807) is 35.3 Å². The van der Waals surface area contributed by atoms with Gasteiger partial charge in [0.1, 0.15) is 17.2 Å². The van der Waals surface area contributed by atoms with E-state index in [0.29, 0.717) is 53.5 Å². The highest BCUT2D eigenvalue weighted by Crippen LogP contribution is 2.35. The molecule has 3 heterocycles. The van der Waals surface area contributed by atoms with Gasteiger partial charge in [0.2, 0.25) is 0 Å². The van der Waals surface area contributed by atoms with E-state index in [9.17, 15) is 9.18 Å². The fraction of sp³-hybridized carbons (Fsp3) is 0.136. The first kappa shape index (κ1) is 21.8. The number of hydrogen-bond donors (Lipinski definition) is 0. The van der Waals surface area contributed by atoms with Gasteiger partial charge in [-0.3, -0.25) is 9.36 Å². The highest BCUT2D eigenvalue weighted by Gasteiger charge is 2.20. The summed E-state index contributed by atoms with van der Waals surface area (Å²) in [5.41, 5.74) is 1.92. The Morgan fingerprint density at radius 2 is 1.82 bits per heavy atom. The Morgan fingerprint density at radius 3 is 2.52 bits per heavy atom. The van der Waals surface area contributed by atoms with Crippen molar-refractivity contribution in [1.29, 1.82) is 0 Å². The van der Waals surface area contributed by atoms with Gasteiger partial charge in [0.05, 0.1) is 26.6 Å². The molecule has 166 valence electrons. The summed E-state index contributed by atoms with van der Waals surface area (Å²) >= 11 is 13.7. The predicted octanol–water partition coefficient (Wildman–Crippen LogP) is 6.16. The molecule has 33 heavy (non-hydrogen) atoms. The van der Waals surface area contributed by atoms with E-state index >= 15 is 0 Å². The van der Waals surface area contributed by atoms with Crippen LogP contribution < -0.4 is 0 Å². The Labute approximate surface area is 201 Å². The lowest BCUT2D eigenvalue weighted by Crippen LogP contribution is -2.05. The second kappa shape index (κ2) is 8.40. The van der Waals surface area contributed by atoms with Gasteiger partial charge >= 0.3 is 0 Å². The Kier molecular flexibility index (Phi) is 5.55. The number of aromatic nitrogens is 6. The summed E-state index contributed by atoms with van der Waals surface area (Å²) in [7, 11) is 0. The van der Waals surface area contributed by atoms with E-state index in [1.165, 1.54) is 23.9 Å². The van der Waals surface area contributed by atoms with Crippen LogP contribution in [0.2, 0.25) is 10.0 Å². The Bertz CT molecular complexity index is 1550. The summed E-state index contributed by atoms with van der Waals surface area (Å²) in [6, 6.07) is 7.61. The second-order valence-corrected chi connectivity index (χ2v) is 9.33.